The standard InChI is InChI=1S/C18H16Cl2N4/c19-13-4-5-16(15(20)11-13)24-18-14(3-1-2-8-22-18)17(23-24)12-6-9-21-10-7-12/h4-7,9-11,22H,1-3,8H2. The van der Waals surface area contributed by atoms with E-state index in [4.69, 9.17) is 28.3 Å². The van der Waals surface area contributed by atoms with E-state index < -0.39 is 0 Å². The third kappa shape index (κ3) is 2.76. The highest BCUT2D eigenvalue weighted by molar-refractivity contribution is 6.35. The van der Waals surface area contributed by atoms with Crippen LogP contribution in [0.3, 0.4) is 0 Å². The van der Waals surface area contributed by atoms with Crippen molar-refractivity contribution in [1.29, 1.82) is 0 Å². The molecule has 0 unspecified atom stereocenters. The smallest absolute Gasteiger partial charge is 0.133 e. The summed E-state index contributed by atoms with van der Waals surface area (Å²) in [6.07, 6.45) is 6.85. The number of halogens is 2. The predicted octanol–water partition coefficient (Wildman–Crippen LogP) is 4.99. The lowest BCUT2D eigenvalue weighted by Gasteiger charge is -2.10. The Morgan fingerprint density at radius 1 is 1.04 bits per heavy atom. The van der Waals surface area contributed by atoms with Gasteiger partial charge in [-0.15, -0.1) is 0 Å². The van der Waals surface area contributed by atoms with Crippen LogP contribution in [0.4, 0.5) is 5.82 Å². The van der Waals surface area contributed by atoms with Crippen molar-refractivity contribution in [3.05, 3.63) is 58.3 Å². The number of fused-ring (bicyclic) bond motifs is 1. The minimum Gasteiger partial charge on any atom is -0.370 e. The molecule has 1 aliphatic heterocycles. The second-order valence-corrected chi connectivity index (χ2v) is 6.65. The monoisotopic (exact) mass is 358 g/mol. The van der Waals surface area contributed by atoms with E-state index in [1.54, 1.807) is 18.5 Å². The molecule has 1 aromatic carbocycles. The SMILES string of the molecule is Clc1ccc(-n2nc(-c3ccncc3)c3c2NCCCC3)c(Cl)c1. The first-order valence-electron chi connectivity index (χ1n) is 7.95. The number of aromatic nitrogens is 3. The molecule has 1 N–H and O–H groups in total. The van der Waals surface area contributed by atoms with Crippen molar-refractivity contribution < 1.29 is 0 Å². The Bertz CT molecular complexity index is 874. The van der Waals surface area contributed by atoms with Gasteiger partial charge in [0.1, 0.15) is 5.82 Å². The molecule has 0 fully saturated rings. The van der Waals surface area contributed by atoms with Crippen LogP contribution in [0.2, 0.25) is 10.0 Å². The number of rotatable bonds is 2. The molecule has 122 valence electrons. The van der Waals surface area contributed by atoms with Crippen molar-refractivity contribution in [3.8, 4) is 16.9 Å². The Balaban J connectivity index is 1.93. The first kappa shape index (κ1) is 15.5. The second kappa shape index (κ2) is 6.46. The third-order valence-electron chi connectivity index (χ3n) is 4.22. The highest BCUT2D eigenvalue weighted by Crippen LogP contribution is 2.35. The summed E-state index contributed by atoms with van der Waals surface area (Å²) in [5, 5.41) is 9.58. The maximum absolute atomic E-state index is 6.42. The molecule has 2 aromatic heterocycles. The van der Waals surface area contributed by atoms with Gasteiger partial charge in [-0.2, -0.15) is 5.10 Å². The molecule has 0 spiro atoms. The van der Waals surface area contributed by atoms with E-state index in [9.17, 15) is 0 Å². The molecular weight excluding hydrogens is 343 g/mol. The van der Waals surface area contributed by atoms with Crippen molar-refractivity contribution in [3.63, 3.8) is 0 Å². The van der Waals surface area contributed by atoms with E-state index in [1.165, 1.54) is 5.56 Å². The molecule has 0 amide bonds. The summed E-state index contributed by atoms with van der Waals surface area (Å²) in [6.45, 7) is 0.930. The molecule has 24 heavy (non-hydrogen) atoms. The van der Waals surface area contributed by atoms with Gasteiger partial charge in [-0.05, 0) is 49.6 Å². The Labute approximate surface area is 150 Å². The normalized spacial score (nSPS) is 13.9. The van der Waals surface area contributed by atoms with Gasteiger partial charge >= 0.3 is 0 Å². The van der Waals surface area contributed by atoms with E-state index in [0.29, 0.717) is 10.0 Å². The van der Waals surface area contributed by atoms with Gasteiger partial charge in [0.2, 0.25) is 0 Å². The molecule has 0 radical (unpaired) electrons. The lowest BCUT2D eigenvalue weighted by molar-refractivity contribution is 0.780. The summed E-state index contributed by atoms with van der Waals surface area (Å²) < 4.78 is 1.90. The van der Waals surface area contributed by atoms with Crippen molar-refractivity contribution >= 4 is 29.0 Å². The molecular formula is C18H16Cl2N4. The molecule has 4 nitrogen and oxygen atoms in total. The fourth-order valence-corrected chi connectivity index (χ4v) is 3.56. The quantitative estimate of drug-likeness (QED) is 0.701. The third-order valence-corrected chi connectivity index (χ3v) is 4.76. The van der Waals surface area contributed by atoms with Crippen LogP contribution >= 0.6 is 23.2 Å². The van der Waals surface area contributed by atoms with Crippen molar-refractivity contribution in [1.82, 2.24) is 14.8 Å². The van der Waals surface area contributed by atoms with Gasteiger partial charge in [0, 0.05) is 35.1 Å². The van der Waals surface area contributed by atoms with Crippen molar-refractivity contribution in [2.75, 3.05) is 11.9 Å². The zero-order valence-electron chi connectivity index (χ0n) is 13.0. The fourth-order valence-electron chi connectivity index (χ4n) is 3.07. The molecule has 0 saturated carbocycles. The highest BCUT2D eigenvalue weighted by atomic mass is 35.5. The maximum Gasteiger partial charge on any atom is 0.133 e. The number of nitrogens with zero attached hydrogens (tertiary/aromatic N) is 3. The molecule has 3 aromatic rings. The maximum atomic E-state index is 6.42. The summed E-state index contributed by atoms with van der Waals surface area (Å²) in [7, 11) is 0. The van der Waals surface area contributed by atoms with Crippen LogP contribution in [0.5, 0.6) is 0 Å². The van der Waals surface area contributed by atoms with E-state index in [2.05, 4.69) is 10.3 Å². The van der Waals surface area contributed by atoms with Gasteiger partial charge in [-0.25, -0.2) is 4.68 Å². The Morgan fingerprint density at radius 2 is 1.88 bits per heavy atom. The summed E-state index contributed by atoms with van der Waals surface area (Å²) in [5.41, 5.74) is 4.10. The average molecular weight is 359 g/mol. The highest BCUT2D eigenvalue weighted by Gasteiger charge is 2.22. The lowest BCUT2D eigenvalue weighted by atomic mass is 10.0. The van der Waals surface area contributed by atoms with Gasteiger partial charge in [-0.1, -0.05) is 23.2 Å². The van der Waals surface area contributed by atoms with E-state index in [1.807, 2.05) is 28.9 Å². The van der Waals surface area contributed by atoms with Gasteiger partial charge in [0.15, 0.2) is 0 Å². The van der Waals surface area contributed by atoms with Crippen LogP contribution in [0.25, 0.3) is 16.9 Å². The Kier molecular flexibility index (Phi) is 4.17. The number of hydrogen-bond acceptors (Lipinski definition) is 3. The van der Waals surface area contributed by atoms with Crippen LogP contribution in [0, 0.1) is 0 Å². The van der Waals surface area contributed by atoms with Crippen LogP contribution in [0.15, 0.2) is 42.7 Å². The van der Waals surface area contributed by atoms with Gasteiger partial charge in [0.05, 0.1) is 16.4 Å². The van der Waals surface area contributed by atoms with Crippen LogP contribution < -0.4 is 5.32 Å². The number of anilines is 1. The number of pyridine rings is 1. The zero-order chi connectivity index (χ0) is 16.5. The molecule has 0 saturated heterocycles. The summed E-state index contributed by atoms with van der Waals surface area (Å²) in [6, 6.07) is 9.46. The largest absolute Gasteiger partial charge is 0.370 e. The first-order valence-corrected chi connectivity index (χ1v) is 8.71. The molecule has 0 aliphatic carbocycles. The van der Waals surface area contributed by atoms with E-state index in [-0.39, 0.29) is 0 Å². The number of benzene rings is 1. The molecule has 3 heterocycles. The minimum atomic E-state index is 0.583. The Hall–Kier alpha value is -2.04. The Morgan fingerprint density at radius 3 is 2.67 bits per heavy atom. The van der Waals surface area contributed by atoms with Crippen molar-refractivity contribution in [2.24, 2.45) is 0 Å². The fraction of sp³-hybridized carbons (Fsp3) is 0.222. The summed E-state index contributed by atoms with van der Waals surface area (Å²) in [5.74, 6) is 1.02. The number of nitrogens with one attached hydrogen (secondary N) is 1. The average Bonchev–Trinajstić information content (AvgIpc) is 2.78. The van der Waals surface area contributed by atoms with Crippen LogP contribution in [-0.2, 0) is 6.42 Å². The topological polar surface area (TPSA) is 42.7 Å². The lowest BCUT2D eigenvalue weighted by Crippen LogP contribution is -2.07. The molecule has 4 rings (SSSR count). The summed E-state index contributed by atoms with van der Waals surface area (Å²) in [4.78, 5) is 4.10. The summed E-state index contributed by atoms with van der Waals surface area (Å²) >= 11 is 12.5. The zero-order valence-corrected chi connectivity index (χ0v) is 14.5. The molecule has 1 aliphatic rings. The van der Waals surface area contributed by atoms with Gasteiger partial charge in [-0.3, -0.25) is 4.98 Å². The van der Waals surface area contributed by atoms with E-state index in [0.717, 1.165) is 48.6 Å². The number of hydrogen-bond donors (Lipinski definition) is 1. The predicted molar refractivity (Wildman–Crippen MR) is 98.2 cm³/mol. The minimum absolute atomic E-state index is 0.583. The van der Waals surface area contributed by atoms with Gasteiger partial charge in [0.25, 0.3) is 0 Å². The molecule has 6 heteroatoms. The van der Waals surface area contributed by atoms with Gasteiger partial charge < -0.3 is 5.32 Å². The van der Waals surface area contributed by atoms with E-state index >= 15 is 0 Å². The van der Waals surface area contributed by atoms with Crippen LogP contribution in [-0.4, -0.2) is 21.3 Å². The van der Waals surface area contributed by atoms with Crippen molar-refractivity contribution in [2.45, 2.75) is 19.3 Å². The van der Waals surface area contributed by atoms with Crippen LogP contribution in [0.1, 0.15) is 18.4 Å². The first-order chi connectivity index (χ1) is 11.7. The second-order valence-electron chi connectivity index (χ2n) is 5.80. The molecule has 0 bridgehead atoms. The molecule has 0 atom stereocenters.